The van der Waals surface area contributed by atoms with Gasteiger partial charge in [0.15, 0.2) is 6.61 Å². The standard InChI is InChI=1S/C19H15BrN4O4/c1-11-2-3-12(19-23-21-10-28-19)6-14(11)22-17(25)8-24-15-5-4-13(20)7-16(15)27-9-18(24)26/h2-7,10H,8-9H2,1H3,(H,22,25). The van der Waals surface area contributed by atoms with Crippen LogP contribution in [0.5, 0.6) is 5.75 Å². The minimum Gasteiger partial charge on any atom is -0.482 e. The van der Waals surface area contributed by atoms with Crippen LogP contribution in [0, 0.1) is 6.92 Å². The molecule has 0 fully saturated rings. The lowest BCUT2D eigenvalue weighted by atomic mass is 10.1. The Morgan fingerprint density at radius 3 is 2.93 bits per heavy atom. The van der Waals surface area contributed by atoms with E-state index in [1.54, 1.807) is 24.3 Å². The Kier molecular flexibility index (Phi) is 4.82. The van der Waals surface area contributed by atoms with Gasteiger partial charge in [-0.3, -0.25) is 14.5 Å². The summed E-state index contributed by atoms with van der Waals surface area (Å²) in [5.74, 6) is 0.311. The predicted octanol–water partition coefficient (Wildman–Crippen LogP) is 3.17. The fraction of sp³-hybridized carbons (Fsp3) is 0.158. The number of carbonyl (C=O) groups excluding carboxylic acids is 2. The van der Waals surface area contributed by atoms with Crippen molar-refractivity contribution in [2.45, 2.75) is 6.92 Å². The van der Waals surface area contributed by atoms with E-state index in [9.17, 15) is 9.59 Å². The van der Waals surface area contributed by atoms with E-state index in [4.69, 9.17) is 9.15 Å². The molecule has 0 atom stereocenters. The van der Waals surface area contributed by atoms with Crippen LogP contribution in [0.1, 0.15) is 5.56 Å². The van der Waals surface area contributed by atoms with Crippen molar-refractivity contribution in [2.75, 3.05) is 23.4 Å². The number of fused-ring (bicyclic) bond motifs is 1. The number of ether oxygens (including phenoxy) is 1. The number of hydrogen-bond donors (Lipinski definition) is 1. The highest BCUT2D eigenvalue weighted by Crippen LogP contribution is 2.34. The van der Waals surface area contributed by atoms with Crippen molar-refractivity contribution in [3.8, 4) is 17.2 Å². The topological polar surface area (TPSA) is 97.6 Å². The lowest BCUT2D eigenvalue weighted by Gasteiger charge is -2.29. The Bertz CT molecular complexity index is 1050. The van der Waals surface area contributed by atoms with Crippen molar-refractivity contribution < 1.29 is 18.7 Å². The van der Waals surface area contributed by atoms with Crippen LogP contribution in [0.3, 0.4) is 0 Å². The summed E-state index contributed by atoms with van der Waals surface area (Å²) in [7, 11) is 0. The largest absolute Gasteiger partial charge is 0.482 e. The van der Waals surface area contributed by atoms with E-state index in [1.807, 2.05) is 19.1 Å². The number of carbonyl (C=O) groups is 2. The zero-order valence-electron chi connectivity index (χ0n) is 14.8. The summed E-state index contributed by atoms with van der Waals surface area (Å²) in [6, 6.07) is 10.7. The molecule has 4 rings (SSSR count). The molecule has 0 saturated carbocycles. The van der Waals surface area contributed by atoms with Crippen LogP contribution in [0.2, 0.25) is 0 Å². The van der Waals surface area contributed by atoms with Gasteiger partial charge in [-0.15, -0.1) is 10.2 Å². The average molecular weight is 443 g/mol. The Morgan fingerprint density at radius 2 is 2.14 bits per heavy atom. The number of aryl methyl sites for hydroxylation is 1. The second-order valence-electron chi connectivity index (χ2n) is 6.20. The SMILES string of the molecule is Cc1ccc(-c2nnco2)cc1NC(=O)CN1C(=O)COc2cc(Br)ccc21. The van der Waals surface area contributed by atoms with E-state index in [0.29, 0.717) is 28.6 Å². The highest BCUT2D eigenvalue weighted by atomic mass is 79.9. The average Bonchev–Trinajstić information content (AvgIpc) is 3.20. The summed E-state index contributed by atoms with van der Waals surface area (Å²) in [5.41, 5.74) is 2.73. The van der Waals surface area contributed by atoms with Gasteiger partial charge >= 0.3 is 0 Å². The fourth-order valence-electron chi connectivity index (χ4n) is 2.87. The van der Waals surface area contributed by atoms with Crippen LogP contribution in [0.15, 0.2) is 51.7 Å². The quantitative estimate of drug-likeness (QED) is 0.666. The van der Waals surface area contributed by atoms with Crippen LogP contribution < -0.4 is 15.0 Å². The van der Waals surface area contributed by atoms with Gasteiger partial charge in [-0.1, -0.05) is 22.0 Å². The summed E-state index contributed by atoms with van der Waals surface area (Å²) in [4.78, 5) is 26.3. The molecule has 1 aliphatic rings. The first-order valence-electron chi connectivity index (χ1n) is 8.41. The van der Waals surface area contributed by atoms with Crippen LogP contribution in [0.25, 0.3) is 11.5 Å². The first-order valence-corrected chi connectivity index (χ1v) is 9.20. The number of hydrogen-bond acceptors (Lipinski definition) is 6. The lowest BCUT2D eigenvalue weighted by Crippen LogP contribution is -2.43. The number of aromatic nitrogens is 2. The summed E-state index contributed by atoms with van der Waals surface area (Å²) >= 11 is 3.37. The second-order valence-corrected chi connectivity index (χ2v) is 7.12. The van der Waals surface area contributed by atoms with Crippen molar-refractivity contribution >= 4 is 39.1 Å². The summed E-state index contributed by atoms with van der Waals surface area (Å²) in [6.45, 7) is 1.64. The van der Waals surface area contributed by atoms with Crippen molar-refractivity contribution in [1.82, 2.24) is 10.2 Å². The molecule has 1 N–H and O–H groups in total. The molecule has 0 unspecified atom stereocenters. The molecule has 2 aromatic carbocycles. The minimum absolute atomic E-state index is 0.109. The molecule has 0 saturated heterocycles. The molecular formula is C19H15BrN4O4. The van der Waals surface area contributed by atoms with Gasteiger partial charge in [-0.25, -0.2) is 0 Å². The lowest BCUT2D eigenvalue weighted by molar-refractivity contribution is -0.123. The Labute approximate surface area is 168 Å². The first kappa shape index (κ1) is 18.2. The van der Waals surface area contributed by atoms with E-state index in [-0.39, 0.29) is 25.0 Å². The first-order chi connectivity index (χ1) is 13.5. The monoisotopic (exact) mass is 442 g/mol. The summed E-state index contributed by atoms with van der Waals surface area (Å²) in [6.07, 6.45) is 1.24. The zero-order chi connectivity index (χ0) is 19.7. The molecule has 0 bridgehead atoms. The van der Waals surface area contributed by atoms with Crippen molar-refractivity contribution in [1.29, 1.82) is 0 Å². The molecule has 0 aliphatic carbocycles. The third kappa shape index (κ3) is 3.61. The molecular weight excluding hydrogens is 428 g/mol. The van der Waals surface area contributed by atoms with E-state index in [2.05, 4.69) is 31.4 Å². The molecule has 8 nitrogen and oxygen atoms in total. The van der Waals surface area contributed by atoms with Crippen LogP contribution >= 0.6 is 15.9 Å². The van der Waals surface area contributed by atoms with Crippen molar-refractivity contribution in [2.24, 2.45) is 0 Å². The third-order valence-corrected chi connectivity index (χ3v) is 4.78. The fourth-order valence-corrected chi connectivity index (χ4v) is 3.21. The smallest absolute Gasteiger partial charge is 0.265 e. The van der Waals surface area contributed by atoms with E-state index < -0.39 is 0 Å². The number of nitrogens with one attached hydrogen (secondary N) is 1. The minimum atomic E-state index is -0.324. The Morgan fingerprint density at radius 1 is 1.29 bits per heavy atom. The molecule has 2 amide bonds. The van der Waals surface area contributed by atoms with Gasteiger partial charge in [0.2, 0.25) is 18.2 Å². The zero-order valence-corrected chi connectivity index (χ0v) is 16.4. The third-order valence-electron chi connectivity index (χ3n) is 4.29. The molecule has 142 valence electrons. The molecule has 28 heavy (non-hydrogen) atoms. The Hall–Kier alpha value is -3.20. The van der Waals surface area contributed by atoms with Gasteiger partial charge in [0.25, 0.3) is 5.91 Å². The molecule has 0 radical (unpaired) electrons. The summed E-state index contributed by atoms with van der Waals surface area (Å²) in [5, 5.41) is 10.4. The van der Waals surface area contributed by atoms with Gasteiger partial charge in [-0.05, 0) is 42.8 Å². The number of benzene rings is 2. The van der Waals surface area contributed by atoms with E-state index >= 15 is 0 Å². The van der Waals surface area contributed by atoms with Gasteiger partial charge in [0.05, 0.1) is 5.69 Å². The maximum atomic E-state index is 12.6. The van der Waals surface area contributed by atoms with Crippen LogP contribution in [0.4, 0.5) is 11.4 Å². The van der Waals surface area contributed by atoms with E-state index in [1.165, 1.54) is 11.3 Å². The molecule has 1 aliphatic heterocycles. The van der Waals surface area contributed by atoms with Gasteiger partial charge in [-0.2, -0.15) is 0 Å². The second kappa shape index (κ2) is 7.43. The highest BCUT2D eigenvalue weighted by Gasteiger charge is 2.27. The maximum absolute atomic E-state index is 12.6. The van der Waals surface area contributed by atoms with E-state index in [0.717, 1.165) is 10.0 Å². The molecule has 1 aromatic heterocycles. The van der Waals surface area contributed by atoms with Crippen LogP contribution in [-0.2, 0) is 9.59 Å². The number of nitrogens with zero attached hydrogens (tertiary/aromatic N) is 3. The number of rotatable bonds is 4. The number of amides is 2. The molecule has 9 heteroatoms. The Balaban J connectivity index is 1.54. The maximum Gasteiger partial charge on any atom is 0.265 e. The van der Waals surface area contributed by atoms with Gasteiger partial charge < -0.3 is 14.5 Å². The predicted molar refractivity (Wildman–Crippen MR) is 105 cm³/mol. The molecule has 3 aromatic rings. The van der Waals surface area contributed by atoms with Gasteiger partial charge in [0.1, 0.15) is 12.3 Å². The number of anilines is 2. The molecule has 2 heterocycles. The highest BCUT2D eigenvalue weighted by molar-refractivity contribution is 9.10. The van der Waals surface area contributed by atoms with Crippen molar-refractivity contribution in [3.63, 3.8) is 0 Å². The van der Waals surface area contributed by atoms with Gasteiger partial charge in [0, 0.05) is 15.7 Å². The normalized spacial score (nSPS) is 13.1. The van der Waals surface area contributed by atoms with Crippen LogP contribution in [-0.4, -0.2) is 35.2 Å². The molecule has 0 spiro atoms. The van der Waals surface area contributed by atoms with Crippen molar-refractivity contribution in [3.05, 3.63) is 52.8 Å². The number of halogens is 1. The summed E-state index contributed by atoms with van der Waals surface area (Å²) < 4.78 is 11.5.